The van der Waals surface area contributed by atoms with Crippen LogP contribution in [0.3, 0.4) is 0 Å². The van der Waals surface area contributed by atoms with Gasteiger partial charge in [-0.05, 0) is 53.4 Å². The summed E-state index contributed by atoms with van der Waals surface area (Å²) in [6, 6.07) is 0. The van der Waals surface area contributed by atoms with E-state index in [1.807, 2.05) is 20.8 Å². The van der Waals surface area contributed by atoms with Crippen LogP contribution in [0.2, 0.25) is 0 Å². The summed E-state index contributed by atoms with van der Waals surface area (Å²) in [5, 5.41) is 6.04. The number of carbonyl (C=O) groups excluding carboxylic acids is 1. The van der Waals surface area contributed by atoms with Gasteiger partial charge >= 0.3 is 6.09 Å². The normalized spacial score (nSPS) is 11.7. The van der Waals surface area contributed by atoms with Gasteiger partial charge in [0.15, 0.2) is 0 Å². The van der Waals surface area contributed by atoms with Gasteiger partial charge in [0.2, 0.25) is 0 Å². The van der Waals surface area contributed by atoms with E-state index in [0.717, 1.165) is 39.1 Å². The van der Waals surface area contributed by atoms with E-state index in [4.69, 9.17) is 4.74 Å². The zero-order valence-electron chi connectivity index (χ0n) is 13.2. The molecule has 0 aliphatic carbocycles. The zero-order chi connectivity index (χ0) is 14.7. The molecule has 19 heavy (non-hydrogen) atoms. The fourth-order valence-electron chi connectivity index (χ4n) is 1.66. The molecule has 0 aromatic rings. The maximum Gasteiger partial charge on any atom is 0.407 e. The molecule has 5 heteroatoms. The van der Waals surface area contributed by atoms with Crippen LogP contribution in [0.4, 0.5) is 4.79 Å². The zero-order valence-corrected chi connectivity index (χ0v) is 13.2. The van der Waals surface area contributed by atoms with Crippen molar-refractivity contribution in [1.82, 2.24) is 15.5 Å². The third-order valence-corrected chi connectivity index (χ3v) is 2.69. The highest BCUT2D eigenvalue weighted by Gasteiger charge is 2.15. The quantitative estimate of drug-likeness (QED) is 0.629. The minimum Gasteiger partial charge on any atom is -0.444 e. The Morgan fingerprint density at radius 3 is 2.26 bits per heavy atom. The summed E-state index contributed by atoms with van der Waals surface area (Å²) in [5.74, 6) is 0. The molecule has 0 saturated carbocycles. The molecule has 0 aromatic heterocycles. The molecular weight excluding hydrogens is 242 g/mol. The second-order valence-electron chi connectivity index (χ2n) is 5.56. The van der Waals surface area contributed by atoms with E-state index in [2.05, 4.69) is 29.4 Å². The topological polar surface area (TPSA) is 53.6 Å². The second kappa shape index (κ2) is 10.0. The van der Waals surface area contributed by atoms with Gasteiger partial charge in [-0.2, -0.15) is 0 Å². The van der Waals surface area contributed by atoms with Crippen molar-refractivity contribution in [2.75, 3.05) is 39.3 Å². The molecule has 0 bridgehead atoms. The Morgan fingerprint density at radius 1 is 1.11 bits per heavy atom. The molecule has 5 nitrogen and oxygen atoms in total. The molecule has 0 unspecified atom stereocenters. The number of hydrogen-bond donors (Lipinski definition) is 2. The van der Waals surface area contributed by atoms with Crippen molar-refractivity contribution in [1.29, 1.82) is 0 Å². The van der Waals surface area contributed by atoms with Crippen LogP contribution >= 0.6 is 0 Å². The van der Waals surface area contributed by atoms with E-state index in [1.165, 1.54) is 0 Å². The lowest BCUT2D eigenvalue weighted by Crippen LogP contribution is -2.37. The van der Waals surface area contributed by atoms with Gasteiger partial charge in [0.05, 0.1) is 0 Å². The van der Waals surface area contributed by atoms with Gasteiger partial charge in [-0.1, -0.05) is 13.8 Å². The molecule has 0 heterocycles. The smallest absolute Gasteiger partial charge is 0.407 e. The summed E-state index contributed by atoms with van der Waals surface area (Å²) in [6.45, 7) is 15.6. The largest absolute Gasteiger partial charge is 0.444 e. The average Bonchev–Trinajstić information content (AvgIpc) is 2.30. The van der Waals surface area contributed by atoms with Crippen LogP contribution in [-0.2, 0) is 4.74 Å². The van der Waals surface area contributed by atoms with Crippen molar-refractivity contribution in [3.63, 3.8) is 0 Å². The Kier molecular flexibility index (Phi) is 9.61. The van der Waals surface area contributed by atoms with Crippen LogP contribution in [0.5, 0.6) is 0 Å². The summed E-state index contributed by atoms with van der Waals surface area (Å²) in [7, 11) is 0. The van der Waals surface area contributed by atoms with Gasteiger partial charge in [0, 0.05) is 13.1 Å². The SMILES string of the molecule is CCN(CC)CCCNCCNC(=O)OC(C)(C)C. The molecule has 0 rings (SSSR count). The third-order valence-electron chi connectivity index (χ3n) is 2.69. The predicted molar refractivity (Wildman–Crippen MR) is 79.5 cm³/mol. The Hall–Kier alpha value is -0.810. The van der Waals surface area contributed by atoms with Gasteiger partial charge in [-0.25, -0.2) is 4.79 Å². The van der Waals surface area contributed by atoms with E-state index in [0.29, 0.717) is 6.54 Å². The molecule has 1 amide bonds. The van der Waals surface area contributed by atoms with Crippen LogP contribution in [0, 0.1) is 0 Å². The molecule has 0 aromatic carbocycles. The molecule has 2 N–H and O–H groups in total. The maximum absolute atomic E-state index is 11.3. The van der Waals surface area contributed by atoms with Gasteiger partial charge in [0.1, 0.15) is 5.60 Å². The van der Waals surface area contributed by atoms with Crippen LogP contribution < -0.4 is 10.6 Å². The molecule has 0 fully saturated rings. The van der Waals surface area contributed by atoms with Crippen LogP contribution in [0.15, 0.2) is 0 Å². The van der Waals surface area contributed by atoms with Crippen molar-refractivity contribution in [3.05, 3.63) is 0 Å². The molecule has 0 spiro atoms. The Morgan fingerprint density at radius 2 is 1.74 bits per heavy atom. The lowest BCUT2D eigenvalue weighted by molar-refractivity contribution is 0.0528. The van der Waals surface area contributed by atoms with E-state index >= 15 is 0 Å². The summed E-state index contributed by atoms with van der Waals surface area (Å²) in [5.41, 5.74) is -0.429. The molecular formula is C14H31N3O2. The predicted octanol–water partition coefficient (Wildman–Crippen LogP) is 1.83. The number of ether oxygens (including phenoxy) is 1. The molecule has 0 radical (unpaired) electrons. The summed E-state index contributed by atoms with van der Waals surface area (Å²) >= 11 is 0. The van der Waals surface area contributed by atoms with Crippen molar-refractivity contribution in [2.45, 2.75) is 46.6 Å². The fourth-order valence-corrected chi connectivity index (χ4v) is 1.66. The number of hydrogen-bond acceptors (Lipinski definition) is 4. The van der Waals surface area contributed by atoms with Gasteiger partial charge in [0.25, 0.3) is 0 Å². The first-order chi connectivity index (χ1) is 8.89. The third kappa shape index (κ3) is 12.0. The lowest BCUT2D eigenvalue weighted by atomic mass is 10.2. The standard InChI is InChI=1S/C14H31N3O2/c1-6-17(7-2)12-8-9-15-10-11-16-13(18)19-14(3,4)5/h15H,6-12H2,1-5H3,(H,16,18). The number of nitrogens with zero attached hydrogens (tertiary/aromatic N) is 1. The first-order valence-corrected chi connectivity index (χ1v) is 7.29. The molecule has 0 aliphatic heterocycles. The fraction of sp³-hybridized carbons (Fsp3) is 0.929. The second-order valence-corrected chi connectivity index (χ2v) is 5.56. The summed E-state index contributed by atoms with van der Waals surface area (Å²) in [4.78, 5) is 13.8. The average molecular weight is 273 g/mol. The minimum atomic E-state index is -0.429. The molecule has 0 atom stereocenters. The van der Waals surface area contributed by atoms with Gasteiger partial charge < -0.3 is 20.3 Å². The Balaban J connectivity index is 3.38. The molecule has 114 valence electrons. The summed E-state index contributed by atoms with van der Waals surface area (Å²) in [6.07, 6.45) is 0.783. The number of rotatable bonds is 9. The highest BCUT2D eigenvalue weighted by Crippen LogP contribution is 2.05. The Labute approximate surface area is 118 Å². The molecule has 0 aliphatic rings. The minimum absolute atomic E-state index is 0.350. The van der Waals surface area contributed by atoms with E-state index < -0.39 is 5.60 Å². The van der Waals surface area contributed by atoms with Crippen LogP contribution in [-0.4, -0.2) is 55.9 Å². The van der Waals surface area contributed by atoms with Crippen molar-refractivity contribution in [2.24, 2.45) is 0 Å². The van der Waals surface area contributed by atoms with Gasteiger partial charge in [-0.3, -0.25) is 0 Å². The van der Waals surface area contributed by atoms with E-state index in [1.54, 1.807) is 0 Å². The van der Waals surface area contributed by atoms with E-state index in [-0.39, 0.29) is 6.09 Å². The van der Waals surface area contributed by atoms with Crippen LogP contribution in [0.25, 0.3) is 0 Å². The first-order valence-electron chi connectivity index (χ1n) is 7.29. The lowest BCUT2D eigenvalue weighted by Gasteiger charge is -2.20. The number of alkyl carbamates (subject to hydrolysis) is 1. The van der Waals surface area contributed by atoms with Crippen molar-refractivity contribution in [3.8, 4) is 0 Å². The number of carbonyl (C=O) groups is 1. The maximum atomic E-state index is 11.3. The monoisotopic (exact) mass is 273 g/mol. The van der Waals surface area contributed by atoms with Crippen LogP contribution in [0.1, 0.15) is 41.0 Å². The summed E-state index contributed by atoms with van der Waals surface area (Å²) < 4.78 is 5.14. The van der Waals surface area contributed by atoms with Crippen molar-refractivity contribution >= 4 is 6.09 Å². The number of nitrogens with one attached hydrogen (secondary N) is 2. The highest BCUT2D eigenvalue weighted by atomic mass is 16.6. The highest BCUT2D eigenvalue weighted by molar-refractivity contribution is 5.67. The van der Waals surface area contributed by atoms with Crippen molar-refractivity contribution < 1.29 is 9.53 Å². The van der Waals surface area contributed by atoms with E-state index in [9.17, 15) is 4.79 Å². The molecule has 0 saturated heterocycles. The number of amides is 1. The first kappa shape index (κ1) is 18.2. The Bertz CT molecular complexity index is 235. The van der Waals surface area contributed by atoms with Gasteiger partial charge in [-0.15, -0.1) is 0 Å².